The molecule has 23 heteroatoms. The van der Waals surface area contributed by atoms with Crippen LogP contribution in [0.1, 0.15) is 29.0 Å². The van der Waals surface area contributed by atoms with E-state index in [1.54, 1.807) is 11.7 Å². The Labute approximate surface area is 268 Å². The van der Waals surface area contributed by atoms with Crippen molar-refractivity contribution < 1.29 is 41.4 Å². The summed E-state index contributed by atoms with van der Waals surface area (Å²) in [6, 6.07) is 0. The minimum atomic E-state index is -4.18. The second-order valence-electron chi connectivity index (χ2n) is 9.58. The van der Waals surface area contributed by atoms with Crippen LogP contribution in [0.4, 0.5) is 10.2 Å². The van der Waals surface area contributed by atoms with Gasteiger partial charge in [-0.2, -0.15) is 0 Å². The first-order valence-electron chi connectivity index (χ1n) is 13.1. The highest BCUT2D eigenvalue weighted by molar-refractivity contribution is 8.07. The Morgan fingerprint density at radius 1 is 1.33 bits per heavy atom. The summed E-state index contributed by atoms with van der Waals surface area (Å²) < 4.78 is 53.6. The molecule has 17 nitrogen and oxygen atoms in total. The lowest BCUT2D eigenvalue weighted by atomic mass is 10.1. The van der Waals surface area contributed by atoms with Gasteiger partial charge in [0.2, 0.25) is 6.54 Å². The Hall–Kier alpha value is -2.44. The van der Waals surface area contributed by atoms with Gasteiger partial charge in [0.15, 0.2) is 41.3 Å². The molecular formula is C22H24FN9O8P2S3. The molecule has 0 spiro atoms. The Morgan fingerprint density at radius 3 is 2.96 bits per heavy atom. The zero-order chi connectivity index (χ0) is 31.8. The van der Waals surface area contributed by atoms with Crippen LogP contribution in [0.25, 0.3) is 15.5 Å². The number of ketones is 1. The van der Waals surface area contributed by atoms with E-state index in [0.717, 1.165) is 0 Å². The van der Waals surface area contributed by atoms with Crippen LogP contribution >= 0.6 is 24.8 Å². The van der Waals surface area contributed by atoms with Gasteiger partial charge >= 0.3 is 13.4 Å². The normalized spacial score (nSPS) is 30.9. The molecule has 0 saturated carbocycles. The lowest BCUT2D eigenvalue weighted by Crippen LogP contribution is -2.32. The molecule has 0 amide bonds. The SMILES string of the molecule is [C-]#[N+]CCOP1(=S)OCCn2nc(-c3cncs3)nc2COP(O)(=S)O[C@H]2C(n3cnc4c3N=C(N)CC4=O)O[C@H](CO1)[C@H]2F. The van der Waals surface area contributed by atoms with Gasteiger partial charge in [0.05, 0.1) is 42.9 Å². The summed E-state index contributed by atoms with van der Waals surface area (Å²) in [5, 5.41) is 4.49. The van der Waals surface area contributed by atoms with Crippen LogP contribution in [0.2, 0.25) is 0 Å². The van der Waals surface area contributed by atoms with Crippen LogP contribution in [-0.2, 0) is 64.1 Å². The van der Waals surface area contributed by atoms with E-state index in [-0.39, 0.29) is 68.3 Å². The fourth-order valence-electron chi connectivity index (χ4n) is 4.57. The van der Waals surface area contributed by atoms with Gasteiger partial charge in [-0.1, -0.05) is 0 Å². The summed E-state index contributed by atoms with van der Waals surface area (Å²) in [7, 11) is 0. The number of carbonyl (C=O) groups is 1. The zero-order valence-electron chi connectivity index (χ0n) is 22.9. The lowest BCUT2D eigenvalue weighted by Gasteiger charge is -2.26. The van der Waals surface area contributed by atoms with Crippen molar-refractivity contribution in [3.05, 3.63) is 41.0 Å². The topological polar surface area (TPSA) is 197 Å². The third kappa shape index (κ3) is 7.12. The van der Waals surface area contributed by atoms with Crippen LogP contribution in [0, 0.1) is 6.57 Å². The number of imidazole rings is 1. The highest BCUT2D eigenvalue weighted by Gasteiger charge is 2.51. The van der Waals surface area contributed by atoms with Gasteiger partial charge in [-0.3, -0.25) is 18.9 Å². The number of aromatic nitrogens is 6. The zero-order valence-corrected chi connectivity index (χ0v) is 27.2. The Bertz CT molecular complexity index is 1750. The molecule has 3 N–H and O–H groups in total. The number of aliphatic imine (C=N–C) groups is 1. The predicted molar refractivity (Wildman–Crippen MR) is 162 cm³/mol. The number of carbonyl (C=O) groups excluding carboxylic acids is 1. The summed E-state index contributed by atoms with van der Waals surface area (Å²) in [4.78, 5) is 44.4. The molecule has 6 atom stereocenters. The van der Waals surface area contributed by atoms with Crippen LogP contribution in [0.3, 0.4) is 0 Å². The quantitative estimate of drug-likeness (QED) is 0.221. The van der Waals surface area contributed by atoms with Crippen LogP contribution in [-0.4, -0.2) is 90.6 Å². The third-order valence-electron chi connectivity index (χ3n) is 6.58. The standard InChI is InChI=1S/C22H24FN9O8P2S3/c1-25-2-4-35-42(44)36-5-3-32-16(29-20(30-32)14-7-26-11-45-14)9-37-41(34,43)40-19-17(23)13(8-38-42)39-22(19)31-10-27-18-12(33)6-15(24)28-21(18)31/h7,10-11,13,17,19,22H,2-6,8-9H2,(H2,24,28)(H,34,43)/t13-,17-,19-,22?,41?,42?/m1/s1. The van der Waals surface area contributed by atoms with E-state index in [9.17, 15) is 9.69 Å². The van der Waals surface area contributed by atoms with E-state index in [0.29, 0.717) is 10.7 Å². The van der Waals surface area contributed by atoms with Crippen LogP contribution in [0.15, 0.2) is 23.0 Å². The number of alkyl halides is 1. The van der Waals surface area contributed by atoms with Crippen molar-refractivity contribution in [2.75, 3.05) is 26.4 Å². The van der Waals surface area contributed by atoms with Gasteiger partial charge in [0.1, 0.15) is 31.3 Å². The number of fused-ring (bicyclic) bond motifs is 4. The summed E-state index contributed by atoms with van der Waals surface area (Å²) in [6.45, 7) is -1.55. The van der Waals surface area contributed by atoms with E-state index >= 15 is 4.39 Å². The maximum absolute atomic E-state index is 16.2. The number of nitrogens with two attached hydrogens (primary N) is 1. The first kappa shape index (κ1) is 32.5. The molecule has 3 aromatic heterocycles. The number of Topliss-reactive ketones (excluding diaryl/α,β-unsaturated/α-hetero) is 1. The molecule has 3 aliphatic rings. The Kier molecular flexibility index (Phi) is 9.64. The molecule has 6 heterocycles. The number of thiazole rings is 1. The first-order valence-corrected chi connectivity index (χ1v) is 19.2. The van der Waals surface area contributed by atoms with Gasteiger partial charge in [-0.25, -0.2) is 30.6 Å². The molecule has 0 radical (unpaired) electrons. The van der Waals surface area contributed by atoms with Crippen LogP contribution in [0.5, 0.6) is 0 Å². The van der Waals surface area contributed by atoms with Crippen LogP contribution < -0.4 is 5.73 Å². The number of ether oxygens (including phenoxy) is 1. The van der Waals surface area contributed by atoms with E-state index in [1.807, 2.05) is 0 Å². The molecule has 3 aromatic rings. The smallest absolute Gasteiger partial charge is 0.327 e. The van der Waals surface area contributed by atoms with Crippen molar-refractivity contribution in [1.82, 2.24) is 29.3 Å². The maximum Gasteiger partial charge on any atom is 0.327 e. The minimum absolute atomic E-state index is 0.00718. The monoisotopic (exact) mass is 719 g/mol. The van der Waals surface area contributed by atoms with Crippen molar-refractivity contribution >= 4 is 65.8 Å². The van der Waals surface area contributed by atoms with Crippen molar-refractivity contribution in [2.45, 2.75) is 44.2 Å². The minimum Gasteiger partial charge on any atom is -0.387 e. The fraction of sp³-hybridized carbons (Fsp3) is 0.500. The molecule has 2 bridgehead atoms. The molecule has 0 aromatic carbocycles. The molecule has 1 fully saturated rings. The Morgan fingerprint density at radius 2 is 2.18 bits per heavy atom. The molecule has 6 rings (SSSR count). The number of rotatable bonds is 5. The molecular weight excluding hydrogens is 695 g/mol. The van der Waals surface area contributed by atoms with Crippen molar-refractivity contribution in [2.24, 2.45) is 10.7 Å². The summed E-state index contributed by atoms with van der Waals surface area (Å²) in [5.74, 6) is 0.251. The average molecular weight is 720 g/mol. The van der Waals surface area contributed by atoms with Crippen molar-refractivity contribution in [1.29, 1.82) is 0 Å². The summed E-state index contributed by atoms with van der Waals surface area (Å²) >= 11 is 12.2. The fourth-order valence-corrected chi connectivity index (χ4v) is 8.23. The van der Waals surface area contributed by atoms with Gasteiger partial charge in [-0.15, -0.1) is 16.4 Å². The van der Waals surface area contributed by atoms with E-state index in [2.05, 4.69) is 29.9 Å². The number of hydrogen-bond donors (Lipinski definition) is 2. The second-order valence-corrected chi connectivity index (χ2v) is 16.3. The van der Waals surface area contributed by atoms with E-state index < -0.39 is 44.7 Å². The molecule has 240 valence electrons. The van der Waals surface area contributed by atoms with Gasteiger partial charge in [0, 0.05) is 6.20 Å². The Balaban J connectivity index is 1.34. The summed E-state index contributed by atoms with van der Waals surface area (Å²) in [6.07, 6.45) is -3.55. The average Bonchev–Trinajstić information content (AvgIpc) is 3.79. The first-order chi connectivity index (χ1) is 21.6. The second kappa shape index (κ2) is 13.4. The predicted octanol–water partition coefficient (Wildman–Crippen LogP) is 2.43. The molecule has 3 aliphatic heterocycles. The third-order valence-corrected chi connectivity index (χ3v) is 11.3. The van der Waals surface area contributed by atoms with Crippen molar-refractivity contribution in [3.8, 4) is 10.7 Å². The van der Waals surface area contributed by atoms with Gasteiger partial charge < -0.3 is 38.3 Å². The van der Waals surface area contributed by atoms with E-state index in [4.69, 9.17) is 63.3 Å². The largest absolute Gasteiger partial charge is 0.387 e. The van der Waals surface area contributed by atoms with Gasteiger partial charge in [0.25, 0.3) is 0 Å². The highest BCUT2D eigenvalue weighted by atomic mass is 32.5. The lowest BCUT2D eigenvalue weighted by molar-refractivity contribution is -0.0481. The number of amidine groups is 1. The summed E-state index contributed by atoms with van der Waals surface area (Å²) in [5.41, 5.74) is 7.48. The highest BCUT2D eigenvalue weighted by Crippen LogP contribution is 2.53. The van der Waals surface area contributed by atoms with Crippen molar-refractivity contribution in [3.63, 3.8) is 0 Å². The number of halogens is 1. The number of nitrogens with zero attached hydrogens (tertiary/aromatic N) is 8. The maximum atomic E-state index is 16.2. The van der Waals surface area contributed by atoms with Gasteiger partial charge in [-0.05, 0) is 23.6 Å². The molecule has 1 saturated heterocycles. The molecule has 45 heavy (non-hydrogen) atoms. The number of hydrogen-bond acceptors (Lipinski definition) is 16. The van der Waals surface area contributed by atoms with E-state index in [1.165, 1.54) is 26.9 Å². The molecule has 0 aliphatic carbocycles. The molecule has 3 unspecified atom stereocenters.